The van der Waals surface area contributed by atoms with Crippen molar-refractivity contribution in [2.75, 3.05) is 40.3 Å². The molecule has 4 atom stereocenters. The van der Waals surface area contributed by atoms with Crippen molar-refractivity contribution in [3.8, 4) is 11.5 Å². The second kappa shape index (κ2) is 14.9. The molecule has 0 bridgehead atoms. The average Bonchev–Trinajstić information content (AvgIpc) is 3.65. The first-order chi connectivity index (χ1) is 23.8. The largest absolute Gasteiger partial charge is 0.481 e. The number of carboxylic acids is 1. The highest BCUT2D eigenvalue weighted by atomic mass is 16.6. The third kappa shape index (κ3) is 6.88. The van der Waals surface area contributed by atoms with Gasteiger partial charge in [-0.3, -0.25) is 14.5 Å². The van der Waals surface area contributed by atoms with E-state index in [4.69, 9.17) is 19.3 Å². The Morgan fingerprint density at radius 2 is 1.96 bits per heavy atom. The molecular weight excluding hydrogens is 652 g/mol. The highest BCUT2D eigenvalue weighted by Crippen LogP contribution is 2.60. The zero-order valence-electron chi connectivity index (χ0n) is 28.8. The third-order valence-electron chi connectivity index (χ3n) is 10.3. The summed E-state index contributed by atoms with van der Waals surface area (Å²) >= 11 is 0. The van der Waals surface area contributed by atoms with E-state index < -0.39 is 34.6 Å². The van der Waals surface area contributed by atoms with Crippen LogP contribution < -0.4 is 9.47 Å². The van der Waals surface area contributed by atoms with Crippen LogP contribution in [0.15, 0.2) is 31.0 Å². The summed E-state index contributed by atoms with van der Waals surface area (Å²) in [7, 11) is 3.00. The number of hydrogen-bond acceptors (Lipinski definition) is 11. The van der Waals surface area contributed by atoms with Crippen LogP contribution in [-0.2, 0) is 32.9 Å². The number of ether oxygens (including phenoxy) is 3. The molecule has 1 N–H and O–H groups in total. The van der Waals surface area contributed by atoms with Crippen molar-refractivity contribution in [3.63, 3.8) is 0 Å². The zero-order valence-corrected chi connectivity index (χ0v) is 28.8. The Kier molecular flexibility index (Phi) is 10.8. The quantitative estimate of drug-likeness (QED) is 0.181. The number of piperidine rings is 1. The van der Waals surface area contributed by atoms with Gasteiger partial charge < -0.3 is 39.2 Å². The minimum Gasteiger partial charge on any atom is -0.481 e. The lowest BCUT2D eigenvalue weighted by Gasteiger charge is -2.54. The molecule has 1 saturated heterocycles. The molecule has 2 fully saturated rings. The standard InChI is InChI=1S/C34H44N6O10/c1-6-14-38-16-13-34-23(22(38)3)10-11-24(41)31(34)50-30-25(12-9-21(2)29(30)34)49-33(45)37(5)18-17-36(4)32(44)48-20-26-35-19-27(40(46)47)39(26)15-7-8-28(42)43/h6,9,12,19,22-23,31H,1,7-8,10-11,13-18,20H2,2-5H3,(H,42,43)/t22?,23-,31-,34-/m0/s1. The lowest BCUT2D eigenvalue weighted by atomic mass is 9.55. The summed E-state index contributed by atoms with van der Waals surface area (Å²) in [6.07, 6.45) is 2.71. The number of Topliss-reactive ketones (excluding diaryl/α,β-unsaturated/α-hetero) is 1. The predicted octanol–water partition coefficient (Wildman–Crippen LogP) is 3.92. The molecule has 1 aromatic heterocycles. The minimum absolute atomic E-state index is 0.0134. The van der Waals surface area contributed by atoms with Gasteiger partial charge in [0.05, 0.1) is 6.54 Å². The number of carbonyl (C=O) groups is 4. The minimum atomic E-state index is -1.04. The molecular formula is C34H44N6O10. The normalized spacial score (nSPS) is 22.4. The van der Waals surface area contributed by atoms with E-state index in [1.165, 1.54) is 28.5 Å². The maximum absolute atomic E-state index is 13.3. The number of rotatable bonds is 13. The number of hydrogen-bond donors (Lipinski definition) is 1. The molecule has 2 aromatic rings. The molecule has 1 aliphatic carbocycles. The summed E-state index contributed by atoms with van der Waals surface area (Å²) < 4.78 is 18.8. The fraction of sp³-hybridized carbons (Fsp3) is 0.559. The molecule has 16 heteroatoms. The fourth-order valence-corrected chi connectivity index (χ4v) is 7.72. The number of nitro groups is 1. The topological polar surface area (TPSA) is 187 Å². The van der Waals surface area contributed by atoms with Crippen molar-refractivity contribution in [3.05, 3.63) is 58.1 Å². The highest BCUT2D eigenvalue weighted by molar-refractivity contribution is 5.89. The molecule has 1 aromatic carbocycles. The average molecular weight is 697 g/mol. The molecule has 16 nitrogen and oxygen atoms in total. The summed E-state index contributed by atoms with van der Waals surface area (Å²) in [6.45, 7) is 9.45. The first-order valence-corrected chi connectivity index (χ1v) is 16.7. The number of fused-ring (bicyclic) bond motifs is 1. The summed E-state index contributed by atoms with van der Waals surface area (Å²) in [5, 5.41) is 20.3. The van der Waals surface area contributed by atoms with Gasteiger partial charge >= 0.3 is 24.0 Å². The summed E-state index contributed by atoms with van der Waals surface area (Å²) in [5.74, 6) is -0.372. The number of likely N-dealkylation sites (N-methyl/N-ethyl adjacent to an activating group) is 2. The van der Waals surface area contributed by atoms with Gasteiger partial charge in [-0.25, -0.2) is 19.1 Å². The zero-order chi connectivity index (χ0) is 36.3. The van der Waals surface area contributed by atoms with E-state index in [2.05, 4.69) is 23.4 Å². The highest BCUT2D eigenvalue weighted by Gasteiger charge is 2.63. The molecule has 1 spiro atoms. The van der Waals surface area contributed by atoms with Gasteiger partial charge in [-0.05, 0) is 62.1 Å². The Hall–Kier alpha value is -4.99. The van der Waals surface area contributed by atoms with Crippen LogP contribution in [0.25, 0.3) is 0 Å². The van der Waals surface area contributed by atoms with E-state index in [0.29, 0.717) is 12.2 Å². The number of aliphatic carboxylic acids is 1. The number of ketones is 1. The van der Waals surface area contributed by atoms with Crippen molar-refractivity contribution < 1.29 is 43.4 Å². The van der Waals surface area contributed by atoms with Crippen molar-refractivity contribution in [2.24, 2.45) is 5.92 Å². The van der Waals surface area contributed by atoms with E-state index in [1.807, 2.05) is 19.1 Å². The smallest absolute Gasteiger partial charge is 0.415 e. The van der Waals surface area contributed by atoms with Crippen LogP contribution in [0.5, 0.6) is 11.5 Å². The van der Waals surface area contributed by atoms with Crippen molar-refractivity contribution in [1.29, 1.82) is 0 Å². The van der Waals surface area contributed by atoms with E-state index in [1.54, 1.807) is 6.07 Å². The van der Waals surface area contributed by atoms with Gasteiger partial charge in [0, 0.05) is 63.6 Å². The summed E-state index contributed by atoms with van der Waals surface area (Å²) in [6, 6.07) is 3.79. The number of aryl methyl sites for hydroxylation is 1. The predicted molar refractivity (Wildman–Crippen MR) is 178 cm³/mol. The van der Waals surface area contributed by atoms with Gasteiger partial charge in [-0.1, -0.05) is 12.1 Å². The molecule has 270 valence electrons. The van der Waals surface area contributed by atoms with Crippen LogP contribution in [0, 0.1) is 23.0 Å². The Balaban J connectivity index is 1.21. The number of carbonyl (C=O) groups excluding carboxylic acids is 3. The lowest BCUT2D eigenvalue weighted by molar-refractivity contribution is -0.392. The van der Waals surface area contributed by atoms with Crippen LogP contribution in [0.3, 0.4) is 0 Å². The van der Waals surface area contributed by atoms with E-state index >= 15 is 0 Å². The molecule has 3 aliphatic rings. The van der Waals surface area contributed by atoms with E-state index in [-0.39, 0.29) is 74.2 Å². The van der Waals surface area contributed by atoms with Gasteiger partial charge in [-0.15, -0.1) is 6.58 Å². The van der Waals surface area contributed by atoms with Crippen LogP contribution >= 0.6 is 0 Å². The van der Waals surface area contributed by atoms with Gasteiger partial charge in [-0.2, -0.15) is 0 Å². The maximum Gasteiger partial charge on any atom is 0.415 e. The molecule has 1 saturated carbocycles. The molecule has 0 radical (unpaired) electrons. The van der Waals surface area contributed by atoms with Gasteiger partial charge in [0.25, 0.3) is 0 Å². The lowest BCUT2D eigenvalue weighted by Crippen LogP contribution is -2.63. The Bertz CT molecular complexity index is 1680. The van der Waals surface area contributed by atoms with Gasteiger partial charge in [0.1, 0.15) is 6.20 Å². The van der Waals surface area contributed by atoms with E-state index in [0.717, 1.165) is 43.3 Å². The number of benzene rings is 1. The second-order valence-corrected chi connectivity index (χ2v) is 13.2. The van der Waals surface area contributed by atoms with Crippen LogP contribution in [0.2, 0.25) is 0 Å². The fourth-order valence-electron chi connectivity index (χ4n) is 7.72. The molecule has 3 heterocycles. The number of carboxylic acid groups (broad SMARTS) is 1. The van der Waals surface area contributed by atoms with Crippen LogP contribution in [0.4, 0.5) is 15.4 Å². The first kappa shape index (κ1) is 36.3. The Morgan fingerprint density at radius 3 is 2.64 bits per heavy atom. The number of imidazole rings is 1. The first-order valence-electron chi connectivity index (χ1n) is 16.7. The third-order valence-corrected chi connectivity index (χ3v) is 10.3. The number of likely N-dealkylation sites (tertiary alicyclic amines) is 1. The number of aromatic nitrogens is 2. The number of nitrogens with zero attached hydrogens (tertiary/aromatic N) is 6. The Labute approximate surface area is 289 Å². The monoisotopic (exact) mass is 696 g/mol. The second-order valence-electron chi connectivity index (χ2n) is 13.2. The van der Waals surface area contributed by atoms with E-state index in [9.17, 15) is 29.3 Å². The molecule has 2 aliphatic heterocycles. The molecule has 50 heavy (non-hydrogen) atoms. The van der Waals surface area contributed by atoms with Crippen molar-refractivity contribution >= 4 is 29.8 Å². The Morgan fingerprint density at radius 1 is 1.24 bits per heavy atom. The number of amides is 2. The molecule has 1 unspecified atom stereocenters. The van der Waals surface area contributed by atoms with Crippen molar-refractivity contribution in [1.82, 2.24) is 24.3 Å². The summed E-state index contributed by atoms with van der Waals surface area (Å²) in [5.41, 5.74) is 1.41. The van der Waals surface area contributed by atoms with Crippen molar-refractivity contribution in [2.45, 2.75) is 76.7 Å². The van der Waals surface area contributed by atoms with Crippen LogP contribution in [-0.4, -0.2) is 111 Å². The molecule has 2 amide bonds. The van der Waals surface area contributed by atoms with Crippen LogP contribution in [0.1, 0.15) is 56.0 Å². The molecule has 5 rings (SSSR count). The summed E-state index contributed by atoms with van der Waals surface area (Å²) in [4.78, 5) is 69.8. The van der Waals surface area contributed by atoms with Gasteiger partial charge in [0.15, 0.2) is 30.0 Å². The SMILES string of the molecule is C=CCN1CC[C@]23c4c(C)ccc(OC(=O)N(C)CCN(C)C(=O)OCc5ncc([N+](=O)[O-])n5CCCC(=O)O)c4O[C@H]2C(=O)CC[C@H]3C1C. The van der Waals surface area contributed by atoms with Gasteiger partial charge in [0.2, 0.25) is 5.82 Å². The maximum atomic E-state index is 13.3.